The molecule has 1 rings (SSSR count). The summed E-state index contributed by atoms with van der Waals surface area (Å²) in [4.78, 5) is 12.0. The molecule has 5 heteroatoms. The number of hydrogen-bond donors (Lipinski definition) is 2. The summed E-state index contributed by atoms with van der Waals surface area (Å²) in [6.07, 6.45) is 0.835. The van der Waals surface area contributed by atoms with Crippen LogP contribution in [0.4, 0.5) is 4.39 Å². The first kappa shape index (κ1) is 17.4. The Bertz CT molecular complexity index is 463. The standard InChI is InChI=1S/C16H24FNO3/c1-12(21-14-7-4-6-13(17)10-14)15(20)18-11-16(2,3)8-5-9-19/h4,6-7,10,12,19H,5,8-9,11H2,1-3H3,(H,18,20). The van der Waals surface area contributed by atoms with Crippen LogP contribution >= 0.6 is 0 Å². The van der Waals surface area contributed by atoms with E-state index >= 15 is 0 Å². The number of aliphatic hydroxyl groups excluding tert-OH is 1. The molecule has 1 aromatic rings. The predicted molar refractivity (Wildman–Crippen MR) is 79.6 cm³/mol. The molecule has 0 heterocycles. The molecule has 0 saturated heterocycles. The number of hydrogen-bond acceptors (Lipinski definition) is 3. The second-order valence-corrected chi connectivity index (χ2v) is 5.93. The van der Waals surface area contributed by atoms with Crippen molar-refractivity contribution in [1.82, 2.24) is 5.32 Å². The molecule has 0 aliphatic heterocycles. The molecular weight excluding hydrogens is 273 g/mol. The lowest BCUT2D eigenvalue weighted by Gasteiger charge is -2.25. The monoisotopic (exact) mass is 297 g/mol. The smallest absolute Gasteiger partial charge is 0.260 e. The maximum atomic E-state index is 13.0. The average molecular weight is 297 g/mol. The van der Waals surface area contributed by atoms with Gasteiger partial charge in [0.25, 0.3) is 5.91 Å². The van der Waals surface area contributed by atoms with Gasteiger partial charge in [-0.3, -0.25) is 4.79 Å². The van der Waals surface area contributed by atoms with Gasteiger partial charge >= 0.3 is 0 Å². The molecule has 1 unspecified atom stereocenters. The van der Waals surface area contributed by atoms with Gasteiger partial charge in [-0.2, -0.15) is 0 Å². The fourth-order valence-corrected chi connectivity index (χ4v) is 1.91. The van der Waals surface area contributed by atoms with Gasteiger partial charge in [0.15, 0.2) is 6.10 Å². The Labute approximate surface area is 125 Å². The Morgan fingerprint density at radius 1 is 1.48 bits per heavy atom. The van der Waals surface area contributed by atoms with Crippen LogP contribution in [0.25, 0.3) is 0 Å². The maximum Gasteiger partial charge on any atom is 0.260 e. The van der Waals surface area contributed by atoms with E-state index in [0.29, 0.717) is 18.7 Å². The molecule has 0 spiro atoms. The molecule has 0 aliphatic rings. The molecule has 0 aromatic heterocycles. The Kier molecular flexibility index (Phi) is 6.62. The maximum absolute atomic E-state index is 13.0. The largest absolute Gasteiger partial charge is 0.481 e. The highest BCUT2D eigenvalue weighted by atomic mass is 19.1. The van der Waals surface area contributed by atoms with E-state index in [1.165, 1.54) is 18.2 Å². The normalized spacial score (nSPS) is 12.8. The summed E-state index contributed by atoms with van der Waals surface area (Å²) in [5.41, 5.74) is -0.0863. The lowest BCUT2D eigenvalue weighted by molar-refractivity contribution is -0.127. The molecule has 0 aliphatic carbocycles. The Morgan fingerprint density at radius 3 is 2.81 bits per heavy atom. The predicted octanol–water partition coefficient (Wildman–Crippen LogP) is 2.51. The second-order valence-electron chi connectivity index (χ2n) is 5.93. The fraction of sp³-hybridized carbons (Fsp3) is 0.562. The van der Waals surface area contributed by atoms with Crippen molar-refractivity contribution in [3.63, 3.8) is 0 Å². The number of amides is 1. The first-order chi connectivity index (χ1) is 9.84. The highest BCUT2D eigenvalue weighted by Crippen LogP contribution is 2.21. The van der Waals surface area contributed by atoms with Crippen molar-refractivity contribution in [2.24, 2.45) is 5.41 Å². The average Bonchev–Trinajstić information content (AvgIpc) is 2.42. The SMILES string of the molecule is CC(Oc1cccc(F)c1)C(=O)NCC(C)(C)CCCO. The van der Waals surface area contributed by atoms with Crippen molar-refractivity contribution in [2.75, 3.05) is 13.2 Å². The molecule has 0 saturated carbocycles. The van der Waals surface area contributed by atoms with Gasteiger partial charge in [-0.25, -0.2) is 4.39 Å². The minimum absolute atomic E-state index is 0.0863. The van der Waals surface area contributed by atoms with Gasteiger partial charge in [-0.15, -0.1) is 0 Å². The van der Waals surface area contributed by atoms with Crippen molar-refractivity contribution >= 4 is 5.91 Å². The first-order valence-electron chi connectivity index (χ1n) is 7.15. The number of carbonyl (C=O) groups is 1. The highest BCUT2D eigenvalue weighted by molar-refractivity contribution is 5.80. The third kappa shape index (κ3) is 6.58. The summed E-state index contributed by atoms with van der Waals surface area (Å²) in [5, 5.41) is 11.7. The van der Waals surface area contributed by atoms with Gasteiger partial charge in [0.2, 0.25) is 0 Å². The van der Waals surface area contributed by atoms with Crippen molar-refractivity contribution in [3.8, 4) is 5.75 Å². The van der Waals surface area contributed by atoms with Crippen LogP contribution in [0.1, 0.15) is 33.6 Å². The van der Waals surface area contributed by atoms with Gasteiger partial charge in [0.05, 0.1) is 0 Å². The highest BCUT2D eigenvalue weighted by Gasteiger charge is 2.21. The number of aliphatic hydroxyl groups is 1. The van der Waals surface area contributed by atoms with Gasteiger partial charge in [0, 0.05) is 19.2 Å². The number of ether oxygens (including phenoxy) is 1. The minimum atomic E-state index is -0.694. The topological polar surface area (TPSA) is 58.6 Å². The van der Waals surface area contributed by atoms with E-state index in [4.69, 9.17) is 9.84 Å². The van der Waals surface area contributed by atoms with Crippen molar-refractivity contribution < 1.29 is 19.0 Å². The molecule has 2 N–H and O–H groups in total. The molecule has 0 fully saturated rings. The summed E-state index contributed by atoms with van der Waals surface area (Å²) in [6, 6.07) is 5.71. The van der Waals surface area contributed by atoms with Crippen LogP contribution in [-0.2, 0) is 4.79 Å². The Morgan fingerprint density at radius 2 is 2.19 bits per heavy atom. The van der Waals surface area contributed by atoms with Crippen LogP contribution in [0.15, 0.2) is 24.3 Å². The molecule has 1 amide bonds. The summed E-state index contributed by atoms with van der Waals surface area (Å²) < 4.78 is 18.5. The van der Waals surface area contributed by atoms with Crippen LogP contribution in [0.2, 0.25) is 0 Å². The summed E-state index contributed by atoms with van der Waals surface area (Å²) in [6.45, 7) is 6.34. The summed E-state index contributed by atoms with van der Waals surface area (Å²) in [5.74, 6) is -0.307. The van der Waals surface area contributed by atoms with Crippen LogP contribution in [0, 0.1) is 11.2 Å². The second kappa shape index (κ2) is 7.98. The van der Waals surface area contributed by atoms with E-state index < -0.39 is 11.9 Å². The van der Waals surface area contributed by atoms with E-state index in [1.807, 2.05) is 13.8 Å². The van der Waals surface area contributed by atoms with E-state index in [1.54, 1.807) is 13.0 Å². The van der Waals surface area contributed by atoms with Crippen molar-refractivity contribution in [3.05, 3.63) is 30.1 Å². The zero-order valence-corrected chi connectivity index (χ0v) is 12.9. The third-order valence-corrected chi connectivity index (χ3v) is 3.23. The lowest BCUT2D eigenvalue weighted by Crippen LogP contribution is -2.41. The van der Waals surface area contributed by atoms with E-state index in [0.717, 1.165) is 6.42 Å². The molecule has 4 nitrogen and oxygen atoms in total. The first-order valence-corrected chi connectivity index (χ1v) is 7.15. The van der Waals surface area contributed by atoms with Crippen LogP contribution in [-0.4, -0.2) is 30.3 Å². The molecule has 0 radical (unpaired) electrons. The summed E-state index contributed by atoms with van der Waals surface area (Å²) in [7, 11) is 0. The van der Waals surface area contributed by atoms with Gasteiger partial charge in [-0.05, 0) is 37.3 Å². The van der Waals surface area contributed by atoms with E-state index in [9.17, 15) is 9.18 Å². The number of nitrogens with one attached hydrogen (secondary N) is 1. The zero-order chi connectivity index (χ0) is 15.9. The van der Waals surface area contributed by atoms with Gasteiger partial charge < -0.3 is 15.2 Å². The van der Waals surface area contributed by atoms with Crippen LogP contribution in [0.3, 0.4) is 0 Å². The molecular formula is C16H24FNO3. The Hall–Kier alpha value is -1.62. The van der Waals surface area contributed by atoms with Gasteiger partial charge in [0.1, 0.15) is 11.6 Å². The third-order valence-electron chi connectivity index (χ3n) is 3.23. The van der Waals surface area contributed by atoms with Crippen molar-refractivity contribution in [1.29, 1.82) is 0 Å². The fourth-order valence-electron chi connectivity index (χ4n) is 1.91. The zero-order valence-electron chi connectivity index (χ0n) is 12.9. The molecule has 21 heavy (non-hydrogen) atoms. The van der Waals surface area contributed by atoms with Crippen molar-refractivity contribution in [2.45, 2.75) is 39.7 Å². The molecule has 1 atom stereocenters. The number of rotatable bonds is 8. The van der Waals surface area contributed by atoms with E-state index in [2.05, 4.69) is 5.32 Å². The Balaban J connectivity index is 2.44. The summed E-state index contributed by atoms with van der Waals surface area (Å²) >= 11 is 0. The number of benzene rings is 1. The quantitative estimate of drug-likeness (QED) is 0.775. The molecule has 0 bridgehead atoms. The van der Waals surface area contributed by atoms with Gasteiger partial charge in [-0.1, -0.05) is 19.9 Å². The number of carbonyl (C=O) groups excluding carboxylic acids is 1. The minimum Gasteiger partial charge on any atom is -0.481 e. The van der Waals surface area contributed by atoms with E-state index in [-0.39, 0.29) is 17.9 Å². The molecule has 1 aromatic carbocycles. The lowest BCUT2D eigenvalue weighted by atomic mass is 9.88. The van der Waals surface area contributed by atoms with Crippen LogP contribution < -0.4 is 10.1 Å². The van der Waals surface area contributed by atoms with Crippen LogP contribution in [0.5, 0.6) is 5.75 Å². The number of halogens is 1. The molecule has 118 valence electrons.